The van der Waals surface area contributed by atoms with Gasteiger partial charge in [-0.2, -0.15) is 5.26 Å². The second-order valence-electron chi connectivity index (χ2n) is 7.21. The maximum Gasteiger partial charge on any atom is 0.238 e. The first-order valence-electron chi connectivity index (χ1n) is 8.74. The molecule has 1 amide bonds. The highest BCUT2D eigenvalue weighted by atomic mass is 35.5. The van der Waals surface area contributed by atoms with Crippen molar-refractivity contribution in [2.75, 3.05) is 6.61 Å². The Kier molecular flexibility index (Phi) is 6.62. The van der Waals surface area contributed by atoms with E-state index in [1.165, 1.54) is 12.1 Å². The second kappa shape index (κ2) is 8.34. The van der Waals surface area contributed by atoms with Crippen LogP contribution in [0.4, 0.5) is 4.39 Å². The molecule has 1 fully saturated rings. The van der Waals surface area contributed by atoms with Crippen LogP contribution < -0.4 is 10.6 Å². The minimum Gasteiger partial charge on any atom is -0.372 e. The lowest BCUT2D eigenvalue weighted by atomic mass is 9.89. The number of hydrogen-bond acceptors (Lipinski definition) is 4. The molecule has 0 saturated carbocycles. The van der Waals surface area contributed by atoms with Gasteiger partial charge < -0.3 is 15.4 Å². The van der Waals surface area contributed by atoms with Crippen molar-refractivity contribution in [3.05, 3.63) is 34.6 Å². The number of carbonyl (C=O) groups is 1. The highest BCUT2D eigenvalue weighted by Gasteiger charge is 2.35. The van der Waals surface area contributed by atoms with Crippen molar-refractivity contribution in [2.24, 2.45) is 5.92 Å². The summed E-state index contributed by atoms with van der Waals surface area (Å²) in [7, 11) is 0. The van der Waals surface area contributed by atoms with Crippen LogP contribution in [-0.4, -0.2) is 30.1 Å². The number of nitrogens with one attached hydrogen (secondary N) is 2. The van der Waals surface area contributed by atoms with Crippen LogP contribution in [0.1, 0.15) is 45.8 Å². The predicted molar refractivity (Wildman–Crippen MR) is 98.1 cm³/mol. The lowest BCUT2D eigenvalue weighted by Gasteiger charge is -2.30. The van der Waals surface area contributed by atoms with Crippen LogP contribution >= 0.6 is 11.6 Å². The Balaban J connectivity index is 2.05. The average molecular weight is 382 g/mol. The number of nitriles is 1. The third kappa shape index (κ3) is 4.53. The molecule has 1 saturated heterocycles. The van der Waals surface area contributed by atoms with Gasteiger partial charge in [0, 0.05) is 12.6 Å². The molecular weight excluding hydrogens is 357 g/mol. The molecule has 1 aliphatic rings. The normalized spacial score (nSPS) is 23.3. The Labute approximate surface area is 158 Å². The number of nitrogens with zero attached hydrogens (tertiary/aromatic N) is 1. The van der Waals surface area contributed by atoms with Gasteiger partial charge in [0.15, 0.2) is 0 Å². The smallest absolute Gasteiger partial charge is 0.238 e. The summed E-state index contributed by atoms with van der Waals surface area (Å²) < 4.78 is 19.5. The summed E-state index contributed by atoms with van der Waals surface area (Å²) in [5.41, 5.74) is -0.253. The summed E-state index contributed by atoms with van der Waals surface area (Å²) in [5.74, 6) is -0.773. The number of ether oxygens (including phenoxy) is 1. The molecular formula is C19H25ClFN3O2. The van der Waals surface area contributed by atoms with Gasteiger partial charge in [0.1, 0.15) is 11.4 Å². The van der Waals surface area contributed by atoms with E-state index in [0.29, 0.717) is 18.6 Å². The Hall–Kier alpha value is -1.68. The van der Waals surface area contributed by atoms with Gasteiger partial charge in [-0.05, 0) is 43.9 Å². The molecule has 5 nitrogen and oxygen atoms in total. The standard InChI is InChI=1S/C19H25ClFN3O2/c1-11(2)19(4,10-22)24-18(25)12(3)23-16-7-8-26-17(16)13-5-6-14(20)15(21)9-13/h5-6,9,11-12,16-17,23H,7-8H2,1-4H3,(H,24,25)/t12?,16-,17+,19?/m1/s1. The third-order valence-electron chi connectivity index (χ3n) is 4.99. The number of benzene rings is 1. The van der Waals surface area contributed by atoms with Gasteiger partial charge in [0.25, 0.3) is 0 Å². The first kappa shape index (κ1) is 20.6. The molecule has 2 N–H and O–H groups in total. The molecule has 0 spiro atoms. The molecule has 0 aliphatic carbocycles. The monoisotopic (exact) mass is 381 g/mol. The maximum absolute atomic E-state index is 13.7. The van der Waals surface area contributed by atoms with Gasteiger partial charge in [-0.1, -0.05) is 31.5 Å². The van der Waals surface area contributed by atoms with Gasteiger partial charge in [-0.25, -0.2) is 4.39 Å². The van der Waals surface area contributed by atoms with Crippen molar-refractivity contribution >= 4 is 17.5 Å². The second-order valence-corrected chi connectivity index (χ2v) is 7.61. The van der Waals surface area contributed by atoms with Crippen LogP contribution in [0.2, 0.25) is 5.02 Å². The molecule has 142 valence electrons. The van der Waals surface area contributed by atoms with E-state index in [1.807, 2.05) is 13.8 Å². The number of amides is 1. The third-order valence-corrected chi connectivity index (χ3v) is 5.30. The van der Waals surface area contributed by atoms with Crippen molar-refractivity contribution < 1.29 is 13.9 Å². The summed E-state index contributed by atoms with van der Waals surface area (Å²) in [6, 6.07) is 6.10. The molecule has 7 heteroatoms. The Bertz CT molecular complexity index is 707. The van der Waals surface area contributed by atoms with Crippen molar-refractivity contribution in [1.82, 2.24) is 10.6 Å². The predicted octanol–water partition coefficient (Wildman–Crippen LogP) is 3.34. The minimum absolute atomic E-state index is 0.0248. The summed E-state index contributed by atoms with van der Waals surface area (Å²) in [4.78, 5) is 12.5. The van der Waals surface area contributed by atoms with Crippen LogP contribution in [0.5, 0.6) is 0 Å². The van der Waals surface area contributed by atoms with E-state index >= 15 is 0 Å². The Morgan fingerprint density at radius 3 is 2.73 bits per heavy atom. The summed E-state index contributed by atoms with van der Waals surface area (Å²) in [6.45, 7) is 7.74. The van der Waals surface area contributed by atoms with E-state index in [9.17, 15) is 14.4 Å². The van der Waals surface area contributed by atoms with Crippen molar-refractivity contribution in [3.8, 4) is 6.07 Å². The van der Waals surface area contributed by atoms with Crippen LogP contribution in [0.25, 0.3) is 0 Å². The molecule has 2 unspecified atom stereocenters. The minimum atomic E-state index is -0.933. The Morgan fingerprint density at radius 1 is 1.46 bits per heavy atom. The van der Waals surface area contributed by atoms with Crippen molar-refractivity contribution in [2.45, 2.75) is 57.8 Å². The van der Waals surface area contributed by atoms with Crippen LogP contribution in [0.3, 0.4) is 0 Å². The molecule has 2 rings (SSSR count). The summed E-state index contributed by atoms with van der Waals surface area (Å²) in [6.07, 6.45) is 0.344. The average Bonchev–Trinajstić information content (AvgIpc) is 3.05. The molecule has 26 heavy (non-hydrogen) atoms. The number of rotatable bonds is 6. The highest BCUT2D eigenvalue weighted by Crippen LogP contribution is 2.31. The zero-order chi connectivity index (χ0) is 19.5. The maximum atomic E-state index is 13.7. The zero-order valence-corrected chi connectivity index (χ0v) is 16.2. The number of halogens is 2. The van der Waals surface area contributed by atoms with Gasteiger partial charge in [0.2, 0.25) is 5.91 Å². The quantitative estimate of drug-likeness (QED) is 0.792. The molecule has 1 aliphatic heterocycles. The molecule has 0 aromatic heterocycles. The first-order chi connectivity index (χ1) is 12.2. The van der Waals surface area contributed by atoms with Crippen LogP contribution in [0, 0.1) is 23.1 Å². The van der Waals surface area contributed by atoms with E-state index in [2.05, 4.69) is 16.7 Å². The zero-order valence-electron chi connectivity index (χ0n) is 15.5. The fourth-order valence-electron chi connectivity index (χ4n) is 2.84. The van der Waals surface area contributed by atoms with E-state index in [-0.39, 0.29) is 29.0 Å². The lowest BCUT2D eigenvalue weighted by Crippen LogP contribution is -2.55. The molecule has 0 radical (unpaired) electrons. The SMILES string of the molecule is CC(N[C@@H]1CCO[C@H]1c1ccc(Cl)c(F)c1)C(=O)NC(C)(C#N)C(C)C. The van der Waals surface area contributed by atoms with E-state index in [0.717, 1.165) is 0 Å². The summed E-state index contributed by atoms with van der Waals surface area (Å²) in [5, 5.41) is 15.5. The number of hydrogen-bond donors (Lipinski definition) is 2. The van der Waals surface area contributed by atoms with Crippen LogP contribution in [-0.2, 0) is 9.53 Å². The fraction of sp³-hybridized carbons (Fsp3) is 0.579. The molecule has 0 bridgehead atoms. The van der Waals surface area contributed by atoms with Gasteiger partial charge in [-0.15, -0.1) is 0 Å². The molecule has 1 heterocycles. The lowest BCUT2D eigenvalue weighted by molar-refractivity contribution is -0.124. The van der Waals surface area contributed by atoms with Crippen molar-refractivity contribution in [1.29, 1.82) is 5.26 Å². The van der Waals surface area contributed by atoms with E-state index < -0.39 is 17.4 Å². The fourth-order valence-corrected chi connectivity index (χ4v) is 2.96. The summed E-state index contributed by atoms with van der Waals surface area (Å²) >= 11 is 5.74. The van der Waals surface area contributed by atoms with Gasteiger partial charge >= 0.3 is 0 Å². The topological polar surface area (TPSA) is 74.2 Å². The number of carbonyl (C=O) groups excluding carboxylic acids is 1. The Morgan fingerprint density at radius 2 is 2.15 bits per heavy atom. The molecule has 1 aromatic rings. The van der Waals surface area contributed by atoms with E-state index in [4.69, 9.17) is 16.3 Å². The highest BCUT2D eigenvalue weighted by molar-refractivity contribution is 6.30. The van der Waals surface area contributed by atoms with Crippen molar-refractivity contribution in [3.63, 3.8) is 0 Å². The first-order valence-corrected chi connectivity index (χ1v) is 9.11. The molecule has 1 aromatic carbocycles. The molecule has 4 atom stereocenters. The van der Waals surface area contributed by atoms with Crippen LogP contribution in [0.15, 0.2) is 18.2 Å². The van der Waals surface area contributed by atoms with E-state index in [1.54, 1.807) is 19.9 Å². The van der Waals surface area contributed by atoms with Gasteiger partial charge in [-0.3, -0.25) is 4.79 Å². The van der Waals surface area contributed by atoms with Gasteiger partial charge in [0.05, 0.1) is 23.2 Å². The largest absolute Gasteiger partial charge is 0.372 e.